The van der Waals surface area contributed by atoms with E-state index in [1.807, 2.05) is 13.0 Å². The summed E-state index contributed by atoms with van der Waals surface area (Å²) in [5.41, 5.74) is -0.616. The largest absolute Gasteiger partial charge is 0.417 e. The van der Waals surface area contributed by atoms with Gasteiger partial charge < -0.3 is 10.2 Å². The number of carbonyl (C=O) groups is 1. The van der Waals surface area contributed by atoms with E-state index in [2.05, 4.69) is 20.2 Å². The van der Waals surface area contributed by atoms with Crippen molar-refractivity contribution in [3.05, 3.63) is 53.0 Å². The third-order valence-electron chi connectivity index (χ3n) is 4.20. The SMILES string of the molecule is Cc1cc(N2CCCC2)nc(CNC(=O)c2ccccc2C(F)(F)F)n1. The Hall–Kier alpha value is -2.64. The Morgan fingerprint density at radius 1 is 1.19 bits per heavy atom. The van der Waals surface area contributed by atoms with Crippen LogP contribution in [-0.4, -0.2) is 29.0 Å². The minimum Gasteiger partial charge on any atom is -0.357 e. The Labute approximate surface area is 149 Å². The van der Waals surface area contributed by atoms with E-state index in [1.165, 1.54) is 12.1 Å². The maximum absolute atomic E-state index is 13.0. The van der Waals surface area contributed by atoms with Crippen LogP contribution in [0.25, 0.3) is 0 Å². The first-order chi connectivity index (χ1) is 12.3. The van der Waals surface area contributed by atoms with Crippen molar-refractivity contribution < 1.29 is 18.0 Å². The molecule has 8 heteroatoms. The van der Waals surface area contributed by atoms with Crippen LogP contribution in [0.3, 0.4) is 0 Å². The number of carbonyl (C=O) groups excluding carboxylic acids is 1. The molecule has 3 rings (SSSR count). The Kier molecular flexibility index (Phi) is 5.11. The highest BCUT2D eigenvalue weighted by Gasteiger charge is 2.34. The summed E-state index contributed by atoms with van der Waals surface area (Å²) in [4.78, 5) is 23.1. The number of benzene rings is 1. The van der Waals surface area contributed by atoms with Crippen molar-refractivity contribution >= 4 is 11.7 Å². The van der Waals surface area contributed by atoms with Crippen LogP contribution in [0.4, 0.5) is 19.0 Å². The predicted octanol–water partition coefficient (Wildman–Crippen LogP) is 3.33. The zero-order valence-corrected chi connectivity index (χ0v) is 14.3. The molecule has 0 saturated carbocycles. The molecule has 5 nitrogen and oxygen atoms in total. The summed E-state index contributed by atoms with van der Waals surface area (Å²) in [5.74, 6) is 0.366. The van der Waals surface area contributed by atoms with Gasteiger partial charge in [0.25, 0.3) is 5.91 Å². The Morgan fingerprint density at radius 3 is 2.58 bits per heavy atom. The first-order valence-electron chi connectivity index (χ1n) is 8.38. The summed E-state index contributed by atoms with van der Waals surface area (Å²) in [7, 11) is 0. The third-order valence-corrected chi connectivity index (χ3v) is 4.20. The number of nitrogens with one attached hydrogen (secondary N) is 1. The lowest BCUT2D eigenvalue weighted by Gasteiger charge is -2.17. The maximum atomic E-state index is 13.0. The molecule has 0 spiro atoms. The third kappa shape index (κ3) is 4.12. The minimum atomic E-state index is -4.59. The van der Waals surface area contributed by atoms with E-state index in [4.69, 9.17) is 0 Å². The van der Waals surface area contributed by atoms with Crippen molar-refractivity contribution in [2.24, 2.45) is 0 Å². The number of amides is 1. The van der Waals surface area contributed by atoms with Crippen LogP contribution in [0, 0.1) is 6.92 Å². The lowest BCUT2D eigenvalue weighted by atomic mass is 10.1. The van der Waals surface area contributed by atoms with Crippen LogP contribution >= 0.6 is 0 Å². The molecule has 138 valence electrons. The van der Waals surface area contributed by atoms with E-state index in [1.54, 1.807) is 0 Å². The van der Waals surface area contributed by atoms with E-state index in [0.717, 1.165) is 49.6 Å². The molecule has 0 bridgehead atoms. The van der Waals surface area contributed by atoms with Gasteiger partial charge in [0.2, 0.25) is 0 Å². The standard InChI is InChI=1S/C18H19F3N4O/c1-12-10-16(25-8-4-5-9-25)24-15(23-12)11-22-17(26)13-6-2-3-7-14(13)18(19,20)21/h2-3,6-7,10H,4-5,8-9,11H2,1H3,(H,22,26). The number of nitrogens with zero attached hydrogens (tertiary/aromatic N) is 3. The predicted molar refractivity (Wildman–Crippen MR) is 90.8 cm³/mol. The van der Waals surface area contributed by atoms with Gasteiger partial charge in [-0.05, 0) is 31.9 Å². The van der Waals surface area contributed by atoms with E-state index in [9.17, 15) is 18.0 Å². The first-order valence-corrected chi connectivity index (χ1v) is 8.38. The average molecular weight is 364 g/mol. The molecule has 1 aliphatic heterocycles. The molecule has 1 amide bonds. The lowest BCUT2D eigenvalue weighted by Crippen LogP contribution is -2.27. The van der Waals surface area contributed by atoms with Crippen molar-refractivity contribution in [1.29, 1.82) is 0 Å². The van der Waals surface area contributed by atoms with E-state index in [0.29, 0.717) is 5.82 Å². The van der Waals surface area contributed by atoms with Gasteiger partial charge in [-0.25, -0.2) is 9.97 Å². The zero-order chi connectivity index (χ0) is 18.7. The highest BCUT2D eigenvalue weighted by molar-refractivity contribution is 5.95. The first kappa shape index (κ1) is 18.2. The van der Waals surface area contributed by atoms with E-state index in [-0.39, 0.29) is 6.54 Å². The van der Waals surface area contributed by atoms with Gasteiger partial charge in [0, 0.05) is 24.8 Å². The molecule has 0 aliphatic carbocycles. The number of rotatable bonds is 4. The minimum absolute atomic E-state index is 0.0342. The summed E-state index contributed by atoms with van der Waals surface area (Å²) < 4.78 is 39.1. The van der Waals surface area contributed by atoms with Gasteiger partial charge in [-0.15, -0.1) is 0 Å². The number of aryl methyl sites for hydroxylation is 1. The van der Waals surface area contributed by atoms with Gasteiger partial charge in [-0.1, -0.05) is 12.1 Å². The fourth-order valence-electron chi connectivity index (χ4n) is 2.98. The maximum Gasteiger partial charge on any atom is 0.417 e. The normalized spacial score (nSPS) is 14.5. The Bertz CT molecular complexity index is 801. The summed E-state index contributed by atoms with van der Waals surface area (Å²) in [6.45, 7) is 3.63. The number of hydrogen-bond donors (Lipinski definition) is 1. The number of alkyl halides is 3. The fourth-order valence-corrected chi connectivity index (χ4v) is 2.98. The van der Waals surface area contributed by atoms with Crippen LogP contribution in [0.15, 0.2) is 30.3 Å². The lowest BCUT2D eigenvalue weighted by molar-refractivity contribution is -0.137. The van der Waals surface area contributed by atoms with Crippen LogP contribution in [0.2, 0.25) is 0 Å². The summed E-state index contributed by atoms with van der Waals surface area (Å²) >= 11 is 0. The highest BCUT2D eigenvalue weighted by Crippen LogP contribution is 2.31. The topological polar surface area (TPSA) is 58.1 Å². The molecule has 2 aromatic rings. The molecule has 26 heavy (non-hydrogen) atoms. The van der Waals surface area contributed by atoms with Crippen LogP contribution in [-0.2, 0) is 12.7 Å². The molecule has 1 aromatic heterocycles. The second-order valence-corrected chi connectivity index (χ2v) is 6.20. The number of halogens is 3. The smallest absolute Gasteiger partial charge is 0.357 e. The van der Waals surface area contributed by atoms with Crippen LogP contribution < -0.4 is 10.2 Å². The van der Waals surface area contributed by atoms with Crippen molar-refractivity contribution in [2.75, 3.05) is 18.0 Å². The van der Waals surface area contributed by atoms with Crippen LogP contribution in [0.1, 0.15) is 40.3 Å². The van der Waals surface area contributed by atoms with Crippen molar-refractivity contribution in [1.82, 2.24) is 15.3 Å². The molecule has 0 radical (unpaired) electrons. The molecular weight excluding hydrogens is 345 g/mol. The Morgan fingerprint density at radius 2 is 1.88 bits per heavy atom. The number of hydrogen-bond acceptors (Lipinski definition) is 4. The number of anilines is 1. The molecule has 0 unspecified atom stereocenters. The number of aromatic nitrogens is 2. The molecule has 1 aliphatic rings. The highest BCUT2D eigenvalue weighted by atomic mass is 19.4. The van der Waals surface area contributed by atoms with Gasteiger partial charge >= 0.3 is 6.18 Å². The summed E-state index contributed by atoms with van der Waals surface area (Å²) in [6.07, 6.45) is -2.39. The van der Waals surface area contributed by atoms with Gasteiger partial charge in [0.1, 0.15) is 11.6 Å². The monoisotopic (exact) mass is 364 g/mol. The molecule has 1 fully saturated rings. The van der Waals surface area contributed by atoms with Crippen molar-refractivity contribution in [3.8, 4) is 0 Å². The molecule has 2 heterocycles. The molecule has 1 saturated heterocycles. The van der Waals surface area contributed by atoms with Gasteiger partial charge in [-0.3, -0.25) is 4.79 Å². The molecule has 1 aromatic carbocycles. The Balaban J connectivity index is 1.74. The van der Waals surface area contributed by atoms with E-state index < -0.39 is 23.2 Å². The van der Waals surface area contributed by atoms with Gasteiger partial charge in [-0.2, -0.15) is 13.2 Å². The van der Waals surface area contributed by atoms with Crippen molar-refractivity contribution in [2.45, 2.75) is 32.5 Å². The quantitative estimate of drug-likeness (QED) is 0.904. The van der Waals surface area contributed by atoms with Crippen LogP contribution in [0.5, 0.6) is 0 Å². The second kappa shape index (κ2) is 7.31. The van der Waals surface area contributed by atoms with Gasteiger partial charge in [0.05, 0.1) is 17.7 Å². The average Bonchev–Trinajstić information content (AvgIpc) is 3.13. The fraction of sp³-hybridized carbons (Fsp3) is 0.389. The molecule has 0 atom stereocenters. The van der Waals surface area contributed by atoms with Crippen molar-refractivity contribution in [3.63, 3.8) is 0 Å². The molecular formula is C18H19F3N4O. The zero-order valence-electron chi connectivity index (χ0n) is 14.3. The summed E-state index contributed by atoms with van der Waals surface area (Å²) in [5, 5.41) is 2.49. The second-order valence-electron chi connectivity index (χ2n) is 6.20. The van der Waals surface area contributed by atoms with Gasteiger partial charge in [0.15, 0.2) is 0 Å². The summed E-state index contributed by atoms with van der Waals surface area (Å²) in [6, 6.07) is 6.58. The van der Waals surface area contributed by atoms with E-state index >= 15 is 0 Å². The molecule has 1 N–H and O–H groups in total.